The summed E-state index contributed by atoms with van der Waals surface area (Å²) in [7, 11) is 1.55. The van der Waals surface area contributed by atoms with Crippen LogP contribution in [0, 0.1) is 0 Å². The topological polar surface area (TPSA) is 87.3 Å². The molecule has 0 unspecified atom stereocenters. The zero-order chi connectivity index (χ0) is 17.5. The van der Waals surface area contributed by atoms with Gasteiger partial charge in [-0.3, -0.25) is 14.4 Å². The van der Waals surface area contributed by atoms with E-state index in [-0.39, 0.29) is 24.1 Å². The van der Waals surface area contributed by atoms with E-state index in [1.54, 1.807) is 55.6 Å². The van der Waals surface area contributed by atoms with E-state index in [0.29, 0.717) is 16.9 Å². The SMILES string of the molecule is CNC(=O)c1cccc(NC(=O)Cc2ccc(NC(C)=O)cc2)c1. The fourth-order valence-corrected chi connectivity index (χ4v) is 2.18. The molecule has 2 aromatic carbocycles. The highest BCUT2D eigenvalue weighted by Crippen LogP contribution is 2.13. The molecule has 0 saturated heterocycles. The summed E-state index contributed by atoms with van der Waals surface area (Å²) in [5.74, 6) is -0.535. The number of hydrogen-bond acceptors (Lipinski definition) is 3. The third-order valence-corrected chi connectivity index (χ3v) is 3.27. The molecule has 2 aromatic rings. The summed E-state index contributed by atoms with van der Waals surface area (Å²) in [6, 6.07) is 13.8. The van der Waals surface area contributed by atoms with Gasteiger partial charge in [-0.25, -0.2) is 0 Å². The average molecular weight is 325 g/mol. The molecule has 0 bridgehead atoms. The highest BCUT2D eigenvalue weighted by Gasteiger charge is 2.07. The molecule has 6 nitrogen and oxygen atoms in total. The first-order valence-electron chi connectivity index (χ1n) is 7.46. The summed E-state index contributed by atoms with van der Waals surface area (Å²) in [6.07, 6.45) is 0.199. The predicted molar refractivity (Wildman–Crippen MR) is 92.9 cm³/mol. The maximum atomic E-state index is 12.1. The monoisotopic (exact) mass is 325 g/mol. The number of nitrogens with one attached hydrogen (secondary N) is 3. The van der Waals surface area contributed by atoms with Crippen LogP contribution in [0.4, 0.5) is 11.4 Å². The second-order valence-electron chi connectivity index (χ2n) is 5.26. The molecule has 0 saturated carbocycles. The minimum absolute atomic E-state index is 0.142. The molecule has 0 atom stereocenters. The molecule has 24 heavy (non-hydrogen) atoms. The van der Waals surface area contributed by atoms with Gasteiger partial charge in [0.2, 0.25) is 11.8 Å². The van der Waals surface area contributed by atoms with Gasteiger partial charge in [-0.15, -0.1) is 0 Å². The van der Waals surface area contributed by atoms with Crippen molar-refractivity contribution in [2.24, 2.45) is 0 Å². The Labute approximate surface area is 140 Å². The Morgan fingerprint density at radius 3 is 2.25 bits per heavy atom. The van der Waals surface area contributed by atoms with E-state index in [4.69, 9.17) is 0 Å². The van der Waals surface area contributed by atoms with Crippen LogP contribution in [0.15, 0.2) is 48.5 Å². The van der Waals surface area contributed by atoms with Crippen molar-refractivity contribution in [1.29, 1.82) is 0 Å². The van der Waals surface area contributed by atoms with Gasteiger partial charge in [0.25, 0.3) is 5.91 Å². The van der Waals surface area contributed by atoms with Crippen molar-refractivity contribution >= 4 is 29.1 Å². The van der Waals surface area contributed by atoms with Crippen molar-refractivity contribution in [3.8, 4) is 0 Å². The Morgan fingerprint density at radius 1 is 0.917 bits per heavy atom. The number of rotatable bonds is 5. The molecule has 0 spiro atoms. The third kappa shape index (κ3) is 4.95. The highest BCUT2D eigenvalue weighted by atomic mass is 16.2. The molecule has 0 heterocycles. The van der Waals surface area contributed by atoms with Crippen LogP contribution in [-0.4, -0.2) is 24.8 Å². The Kier molecular flexibility index (Phi) is 5.68. The standard InChI is InChI=1S/C18H19N3O3/c1-12(22)20-15-8-6-13(7-9-15)10-17(23)21-16-5-3-4-14(11-16)18(24)19-2/h3-9,11H,10H2,1-2H3,(H,19,24)(H,20,22)(H,21,23). The molecule has 0 aliphatic rings. The second kappa shape index (κ2) is 7.92. The van der Waals surface area contributed by atoms with Gasteiger partial charge in [0.15, 0.2) is 0 Å². The summed E-state index contributed by atoms with van der Waals surface area (Å²) in [4.78, 5) is 34.7. The lowest BCUT2D eigenvalue weighted by atomic mass is 10.1. The molecule has 3 amide bonds. The molecule has 124 valence electrons. The number of carbonyl (C=O) groups is 3. The summed E-state index contributed by atoms with van der Waals surface area (Å²) in [5, 5.41) is 7.98. The largest absolute Gasteiger partial charge is 0.355 e. The zero-order valence-corrected chi connectivity index (χ0v) is 13.6. The molecule has 0 aromatic heterocycles. The van der Waals surface area contributed by atoms with Crippen molar-refractivity contribution in [3.05, 3.63) is 59.7 Å². The average Bonchev–Trinajstić information content (AvgIpc) is 2.55. The van der Waals surface area contributed by atoms with Crippen LogP contribution in [0.1, 0.15) is 22.8 Å². The third-order valence-electron chi connectivity index (χ3n) is 3.27. The summed E-state index contributed by atoms with van der Waals surface area (Å²) >= 11 is 0. The number of hydrogen-bond donors (Lipinski definition) is 3. The van der Waals surface area contributed by atoms with Crippen LogP contribution in [0.5, 0.6) is 0 Å². The number of anilines is 2. The van der Waals surface area contributed by atoms with E-state index in [1.807, 2.05) is 0 Å². The smallest absolute Gasteiger partial charge is 0.251 e. The van der Waals surface area contributed by atoms with Gasteiger partial charge < -0.3 is 16.0 Å². The lowest BCUT2D eigenvalue weighted by Crippen LogP contribution is -2.19. The second-order valence-corrected chi connectivity index (χ2v) is 5.26. The fraction of sp³-hybridized carbons (Fsp3) is 0.167. The number of amides is 3. The molecule has 6 heteroatoms. The summed E-state index contributed by atoms with van der Waals surface area (Å²) in [6.45, 7) is 1.44. The molecule has 0 aliphatic heterocycles. The predicted octanol–water partition coefficient (Wildman–Crippen LogP) is 2.19. The highest BCUT2D eigenvalue weighted by molar-refractivity contribution is 5.97. The van der Waals surface area contributed by atoms with E-state index in [2.05, 4.69) is 16.0 Å². The van der Waals surface area contributed by atoms with Gasteiger partial charge >= 0.3 is 0 Å². The van der Waals surface area contributed by atoms with Gasteiger partial charge in [-0.2, -0.15) is 0 Å². The first-order chi connectivity index (χ1) is 11.5. The van der Waals surface area contributed by atoms with Crippen LogP contribution in [-0.2, 0) is 16.0 Å². The van der Waals surface area contributed by atoms with Gasteiger partial charge in [-0.1, -0.05) is 18.2 Å². The van der Waals surface area contributed by atoms with Gasteiger partial charge in [0, 0.05) is 30.9 Å². The van der Waals surface area contributed by atoms with Crippen LogP contribution < -0.4 is 16.0 Å². The normalized spacial score (nSPS) is 9.92. The molecule has 3 N–H and O–H groups in total. The van der Waals surface area contributed by atoms with E-state index in [0.717, 1.165) is 5.56 Å². The van der Waals surface area contributed by atoms with Gasteiger partial charge in [0.1, 0.15) is 0 Å². The van der Waals surface area contributed by atoms with Gasteiger partial charge in [0.05, 0.1) is 6.42 Å². The van der Waals surface area contributed by atoms with Crippen LogP contribution in [0.25, 0.3) is 0 Å². The van der Waals surface area contributed by atoms with E-state index >= 15 is 0 Å². The van der Waals surface area contributed by atoms with Crippen molar-refractivity contribution in [2.75, 3.05) is 17.7 Å². The number of benzene rings is 2. The van der Waals surface area contributed by atoms with Crippen LogP contribution in [0.2, 0.25) is 0 Å². The zero-order valence-electron chi connectivity index (χ0n) is 13.6. The molecule has 0 radical (unpaired) electrons. The number of carbonyl (C=O) groups excluding carboxylic acids is 3. The Morgan fingerprint density at radius 2 is 1.62 bits per heavy atom. The molecule has 2 rings (SSSR count). The van der Waals surface area contributed by atoms with E-state index in [1.165, 1.54) is 6.92 Å². The molecule has 0 aliphatic carbocycles. The van der Waals surface area contributed by atoms with Crippen molar-refractivity contribution in [1.82, 2.24) is 5.32 Å². The maximum Gasteiger partial charge on any atom is 0.251 e. The van der Waals surface area contributed by atoms with Crippen LogP contribution >= 0.6 is 0 Å². The minimum atomic E-state index is -0.209. The maximum absolute atomic E-state index is 12.1. The summed E-state index contributed by atoms with van der Waals surface area (Å²) in [5.41, 5.74) is 2.56. The molecular formula is C18H19N3O3. The summed E-state index contributed by atoms with van der Waals surface area (Å²) < 4.78 is 0. The lowest BCUT2D eigenvalue weighted by Gasteiger charge is -2.08. The first kappa shape index (κ1) is 17.2. The van der Waals surface area contributed by atoms with Crippen LogP contribution in [0.3, 0.4) is 0 Å². The van der Waals surface area contributed by atoms with Crippen molar-refractivity contribution < 1.29 is 14.4 Å². The van der Waals surface area contributed by atoms with Crippen molar-refractivity contribution in [3.63, 3.8) is 0 Å². The minimum Gasteiger partial charge on any atom is -0.355 e. The lowest BCUT2D eigenvalue weighted by molar-refractivity contribution is -0.116. The quantitative estimate of drug-likeness (QED) is 0.787. The Bertz CT molecular complexity index is 754. The van der Waals surface area contributed by atoms with E-state index < -0.39 is 0 Å². The van der Waals surface area contributed by atoms with Crippen molar-refractivity contribution in [2.45, 2.75) is 13.3 Å². The first-order valence-corrected chi connectivity index (χ1v) is 7.46. The molecular weight excluding hydrogens is 306 g/mol. The Hall–Kier alpha value is -3.15. The van der Waals surface area contributed by atoms with Gasteiger partial charge in [-0.05, 0) is 35.9 Å². The molecule has 0 fully saturated rings. The van der Waals surface area contributed by atoms with E-state index in [9.17, 15) is 14.4 Å². The fourth-order valence-electron chi connectivity index (χ4n) is 2.18. The Balaban J connectivity index is 1.98.